The van der Waals surface area contributed by atoms with Crippen molar-refractivity contribution in [1.82, 2.24) is 5.32 Å². The van der Waals surface area contributed by atoms with Crippen molar-refractivity contribution < 1.29 is 4.42 Å². The third-order valence-electron chi connectivity index (χ3n) is 2.56. The third kappa shape index (κ3) is 2.23. The molecule has 2 rings (SSSR count). The van der Waals surface area contributed by atoms with E-state index in [0.717, 1.165) is 16.7 Å². The first kappa shape index (κ1) is 10.7. The van der Waals surface area contributed by atoms with E-state index in [4.69, 9.17) is 9.68 Å². The van der Waals surface area contributed by atoms with Gasteiger partial charge in [-0.25, -0.2) is 0 Å². The zero-order valence-electron chi connectivity index (χ0n) is 9.23. The molecular formula is C13H14N2O. The van der Waals surface area contributed by atoms with E-state index in [-0.39, 0.29) is 6.04 Å². The maximum absolute atomic E-state index is 8.45. The molecule has 0 aliphatic heterocycles. The third-order valence-corrected chi connectivity index (χ3v) is 2.56. The highest BCUT2D eigenvalue weighted by molar-refractivity contribution is 5.77. The van der Waals surface area contributed by atoms with Gasteiger partial charge in [-0.1, -0.05) is 18.2 Å². The second-order valence-corrected chi connectivity index (χ2v) is 3.77. The highest BCUT2D eigenvalue weighted by atomic mass is 16.3. The van der Waals surface area contributed by atoms with Gasteiger partial charge < -0.3 is 9.73 Å². The highest BCUT2D eigenvalue weighted by Gasteiger charge is 2.09. The number of nitriles is 1. The first-order valence-corrected chi connectivity index (χ1v) is 5.40. The molecule has 1 heterocycles. The number of hydrogen-bond acceptors (Lipinski definition) is 3. The zero-order chi connectivity index (χ0) is 11.4. The number of para-hydroxylation sites is 1. The summed E-state index contributed by atoms with van der Waals surface area (Å²) in [7, 11) is 0. The fourth-order valence-electron chi connectivity index (χ4n) is 1.66. The van der Waals surface area contributed by atoms with Crippen molar-refractivity contribution in [3.8, 4) is 6.07 Å². The lowest BCUT2D eigenvalue weighted by molar-refractivity contribution is 0.455. The van der Waals surface area contributed by atoms with Crippen molar-refractivity contribution >= 4 is 11.0 Å². The molecule has 2 aromatic rings. The van der Waals surface area contributed by atoms with Crippen LogP contribution in [0, 0.1) is 11.3 Å². The monoisotopic (exact) mass is 214 g/mol. The number of nitrogens with one attached hydrogen (secondary N) is 1. The summed E-state index contributed by atoms with van der Waals surface area (Å²) >= 11 is 0. The first-order valence-electron chi connectivity index (χ1n) is 5.40. The molecule has 0 aliphatic rings. The molecule has 0 saturated heterocycles. The van der Waals surface area contributed by atoms with Crippen LogP contribution in [0.5, 0.6) is 0 Å². The van der Waals surface area contributed by atoms with E-state index in [1.54, 1.807) is 0 Å². The second kappa shape index (κ2) is 4.82. The number of rotatable bonds is 4. The molecule has 1 aromatic carbocycles. The van der Waals surface area contributed by atoms with Gasteiger partial charge in [-0.15, -0.1) is 0 Å². The molecule has 16 heavy (non-hydrogen) atoms. The Morgan fingerprint density at radius 3 is 3.00 bits per heavy atom. The maximum Gasteiger partial charge on any atom is 0.134 e. The summed E-state index contributed by atoms with van der Waals surface area (Å²) in [4.78, 5) is 0. The number of nitrogens with zero attached hydrogens (tertiary/aromatic N) is 1. The molecule has 1 N–H and O–H groups in total. The number of hydrogen-bond donors (Lipinski definition) is 1. The molecule has 1 atom stereocenters. The number of fused-ring (bicyclic) bond motifs is 1. The van der Waals surface area contributed by atoms with E-state index >= 15 is 0 Å². The lowest BCUT2D eigenvalue weighted by Gasteiger charge is -2.08. The minimum absolute atomic E-state index is 0.140. The van der Waals surface area contributed by atoms with Gasteiger partial charge in [0, 0.05) is 18.4 Å². The minimum Gasteiger partial charge on any atom is -0.459 e. The summed E-state index contributed by atoms with van der Waals surface area (Å²) in [5, 5.41) is 12.8. The van der Waals surface area contributed by atoms with E-state index in [2.05, 4.69) is 11.4 Å². The van der Waals surface area contributed by atoms with Crippen LogP contribution in [-0.2, 0) is 0 Å². The van der Waals surface area contributed by atoms with E-state index < -0.39 is 0 Å². The van der Waals surface area contributed by atoms with Crippen LogP contribution in [0.25, 0.3) is 11.0 Å². The van der Waals surface area contributed by atoms with E-state index in [1.807, 2.05) is 37.3 Å². The number of benzene rings is 1. The average molecular weight is 214 g/mol. The van der Waals surface area contributed by atoms with Gasteiger partial charge in [0.05, 0.1) is 12.1 Å². The van der Waals surface area contributed by atoms with Crippen molar-refractivity contribution in [2.75, 3.05) is 6.54 Å². The van der Waals surface area contributed by atoms with Crippen molar-refractivity contribution in [2.45, 2.75) is 19.4 Å². The van der Waals surface area contributed by atoms with Crippen LogP contribution in [-0.4, -0.2) is 6.54 Å². The van der Waals surface area contributed by atoms with E-state index in [9.17, 15) is 0 Å². The SMILES string of the molecule is CC(NCCC#N)c1cc2ccccc2o1. The predicted octanol–water partition coefficient (Wildman–Crippen LogP) is 3.00. The molecule has 0 aliphatic carbocycles. The molecule has 3 heteroatoms. The van der Waals surface area contributed by atoms with Gasteiger partial charge in [-0.05, 0) is 19.1 Å². The van der Waals surface area contributed by atoms with Crippen LogP contribution < -0.4 is 5.32 Å². The van der Waals surface area contributed by atoms with Gasteiger partial charge in [0.25, 0.3) is 0 Å². The molecule has 0 saturated carbocycles. The quantitative estimate of drug-likeness (QED) is 0.796. The standard InChI is InChI=1S/C13H14N2O/c1-10(15-8-4-7-14)13-9-11-5-2-3-6-12(11)16-13/h2-3,5-6,9-10,15H,4,8H2,1H3. The van der Waals surface area contributed by atoms with Crippen molar-refractivity contribution in [3.05, 3.63) is 36.1 Å². The zero-order valence-corrected chi connectivity index (χ0v) is 9.23. The smallest absolute Gasteiger partial charge is 0.134 e. The van der Waals surface area contributed by atoms with Crippen LogP contribution in [0.3, 0.4) is 0 Å². The molecule has 0 radical (unpaired) electrons. The lowest BCUT2D eigenvalue weighted by atomic mass is 10.2. The van der Waals surface area contributed by atoms with Crippen LogP contribution in [0.15, 0.2) is 34.7 Å². The molecule has 0 bridgehead atoms. The first-order chi connectivity index (χ1) is 7.81. The van der Waals surface area contributed by atoms with Gasteiger partial charge >= 0.3 is 0 Å². The van der Waals surface area contributed by atoms with Gasteiger partial charge in [0.2, 0.25) is 0 Å². The van der Waals surface area contributed by atoms with Gasteiger partial charge in [-0.2, -0.15) is 5.26 Å². The Hall–Kier alpha value is -1.79. The van der Waals surface area contributed by atoms with Crippen molar-refractivity contribution in [3.63, 3.8) is 0 Å². The van der Waals surface area contributed by atoms with Gasteiger partial charge in [-0.3, -0.25) is 0 Å². The highest BCUT2D eigenvalue weighted by Crippen LogP contribution is 2.23. The Morgan fingerprint density at radius 1 is 1.44 bits per heavy atom. The van der Waals surface area contributed by atoms with Gasteiger partial charge in [0.1, 0.15) is 11.3 Å². The van der Waals surface area contributed by atoms with Crippen molar-refractivity contribution in [2.24, 2.45) is 0 Å². The Labute approximate surface area is 94.7 Å². The molecular weight excluding hydrogens is 200 g/mol. The van der Waals surface area contributed by atoms with Crippen molar-refractivity contribution in [1.29, 1.82) is 5.26 Å². The van der Waals surface area contributed by atoms with Gasteiger partial charge in [0.15, 0.2) is 0 Å². The molecule has 1 aromatic heterocycles. The second-order valence-electron chi connectivity index (χ2n) is 3.77. The number of furan rings is 1. The molecule has 0 spiro atoms. The molecule has 0 amide bonds. The largest absolute Gasteiger partial charge is 0.459 e. The van der Waals surface area contributed by atoms with Crippen LogP contribution in [0.4, 0.5) is 0 Å². The summed E-state index contributed by atoms with van der Waals surface area (Å²) in [6.45, 7) is 2.73. The summed E-state index contributed by atoms with van der Waals surface area (Å²) in [5.74, 6) is 0.916. The van der Waals surface area contributed by atoms with Crippen LogP contribution in [0.1, 0.15) is 25.1 Å². The van der Waals surface area contributed by atoms with E-state index in [0.29, 0.717) is 13.0 Å². The predicted molar refractivity (Wildman–Crippen MR) is 62.9 cm³/mol. The van der Waals surface area contributed by atoms with E-state index in [1.165, 1.54) is 0 Å². The topological polar surface area (TPSA) is 49.0 Å². The lowest BCUT2D eigenvalue weighted by Crippen LogP contribution is -2.18. The molecule has 0 fully saturated rings. The Bertz CT molecular complexity index is 477. The Morgan fingerprint density at radius 2 is 2.25 bits per heavy atom. The summed E-state index contributed by atoms with van der Waals surface area (Å²) in [6.07, 6.45) is 0.518. The fraction of sp³-hybridized carbons (Fsp3) is 0.308. The minimum atomic E-state index is 0.140. The molecule has 3 nitrogen and oxygen atoms in total. The molecule has 82 valence electrons. The molecule has 1 unspecified atom stereocenters. The Balaban J connectivity index is 2.11. The normalized spacial score (nSPS) is 12.5. The average Bonchev–Trinajstić information content (AvgIpc) is 2.73. The van der Waals surface area contributed by atoms with Crippen LogP contribution >= 0.6 is 0 Å². The van der Waals surface area contributed by atoms with Crippen LogP contribution in [0.2, 0.25) is 0 Å². The maximum atomic E-state index is 8.45. The fourth-order valence-corrected chi connectivity index (χ4v) is 1.66. The Kier molecular flexibility index (Phi) is 3.23. The summed E-state index contributed by atoms with van der Waals surface area (Å²) in [5.41, 5.74) is 0.909. The summed E-state index contributed by atoms with van der Waals surface area (Å²) in [6, 6.07) is 12.2. The summed E-state index contributed by atoms with van der Waals surface area (Å²) < 4.78 is 5.72.